The Morgan fingerprint density at radius 3 is 2.89 bits per heavy atom. The Morgan fingerprint density at radius 1 is 1.37 bits per heavy atom. The number of hydrogen-bond donors (Lipinski definition) is 2. The Balaban J connectivity index is 1.64. The van der Waals surface area contributed by atoms with Gasteiger partial charge in [-0.15, -0.1) is 5.10 Å². The number of benzene rings is 1. The average Bonchev–Trinajstić information content (AvgIpc) is 3.29. The number of rotatable bonds is 8. The minimum absolute atomic E-state index is 0.236. The van der Waals surface area contributed by atoms with E-state index in [1.54, 1.807) is 10.9 Å². The van der Waals surface area contributed by atoms with Gasteiger partial charge in [-0.1, -0.05) is 40.7 Å². The highest BCUT2D eigenvalue weighted by molar-refractivity contribution is 6.26. The normalized spacial score (nSPS) is 12.3. The highest BCUT2D eigenvalue weighted by atomic mass is 16.4. The molecule has 2 heterocycles. The van der Waals surface area contributed by atoms with E-state index >= 15 is 0 Å². The van der Waals surface area contributed by atoms with E-state index in [-0.39, 0.29) is 6.04 Å². The first-order chi connectivity index (χ1) is 13.2. The molecule has 0 fully saturated rings. The van der Waals surface area contributed by atoms with Crippen molar-refractivity contribution in [3.05, 3.63) is 66.0 Å². The van der Waals surface area contributed by atoms with Crippen LogP contribution in [0.3, 0.4) is 0 Å². The molecule has 3 aromatic rings. The first kappa shape index (κ1) is 18.3. The topological polar surface area (TPSA) is 110 Å². The van der Waals surface area contributed by atoms with E-state index < -0.39 is 5.91 Å². The lowest BCUT2D eigenvalue weighted by molar-refractivity contribution is -0.115. The van der Waals surface area contributed by atoms with E-state index in [2.05, 4.69) is 25.8 Å². The van der Waals surface area contributed by atoms with Crippen LogP contribution in [-0.2, 0) is 17.9 Å². The number of aryl methyl sites for hydroxylation is 2. The molecule has 0 aliphatic rings. The van der Waals surface area contributed by atoms with Gasteiger partial charge >= 0.3 is 0 Å². The molecule has 2 aromatic heterocycles. The van der Waals surface area contributed by atoms with E-state index in [1.165, 1.54) is 0 Å². The Morgan fingerprint density at radius 2 is 2.19 bits per heavy atom. The molecule has 0 aliphatic heterocycles. The van der Waals surface area contributed by atoms with Crippen LogP contribution in [0.4, 0.5) is 0 Å². The summed E-state index contributed by atoms with van der Waals surface area (Å²) in [5.74, 6) is 0.461. The number of nitrogens with zero attached hydrogens (tertiary/aromatic N) is 6. The third-order valence-corrected chi connectivity index (χ3v) is 4.18. The molecule has 0 saturated heterocycles. The average molecular weight is 367 g/mol. The Hall–Kier alpha value is -3.49. The fraction of sp³-hybridized carbons (Fsp3) is 0.278. The van der Waals surface area contributed by atoms with Gasteiger partial charge < -0.3 is 15.1 Å². The van der Waals surface area contributed by atoms with Crippen molar-refractivity contribution in [2.45, 2.75) is 32.5 Å². The first-order valence-corrected chi connectivity index (χ1v) is 8.55. The molecule has 27 heavy (non-hydrogen) atoms. The van der Waals surface area contributed by atoms with E-state index in [0.717, 1.165) is 23.3 Å². The fourth-order valence-electron chi connectivity index (χ4n) is 2.80. The van der Waals surface area contributed by atoms with Crippen molar-refractivity contribution < 1.29 is 10.0 Å². The van der Waals surface area contributed by atoms with Crippen molar-refractivity contribution in [1.29, 1.82) is 0 Å². The van der Waals surface area contributed by atoms with Gasteiger partial charge in [0.2, 0.25) is 0 Å². The van der Waals surface area contributed by atoms with Crippen molar-refractivity contribution in [2.24, 2.45) is 5.16 Å². The molecule has 3 rings (SSSR count). The number of carbonyl (C=O) groups is 1. The molecule has 0 bridgehead atoms. The summed E-state index contributed by atoms with van der Waals surface area (Å²) in [4.78, 5) is 16.0. The highest BCUT2D eigenvalue weighted by Gasteiger charge is 2.14. The van der Waals surface area contributed by atoms with Crippen LogP contribution in [-0.4, -0.2) is 41.9 Å². The number of nitrogens with one attached hydrogen (secondary N) is 1. The van der Waals surface area contributed by atoms with Crippen LogP contribution in [0.5, 0.6) is 0 Å². The van der Waals surface area contributed by atoms with E-state index in [0.29, 0.717) is 19.5 Å². The molecule has 2 N–H and O–H groups in total. The van der Waals surface area contributed by atoms with Gasteiger partial charge in [0.25, 0.3) is 5.91 Å². The fourth-order valence-corrected chi connectivity index (χ4v) is 2.80. The van der Waals surface area contributed by atoms with Gasteiger partial charge in [0, 0.05) is 18.9 Å². The maximum absolute atomic E-state index is 11.8. The number of hydrogen-bond acceptors (Lipinski definition) is 6. The van der Waals surface area contributed by atoms with Gasteiger partial charge in [-0.3, -0.25) is 9.48 Å². The summed E-state index contributed by atoms with van der Waals surface area (Å²) in [5.41, 5.74) is 1.80. The maximum Gasteiger partial charge on any atom is 0.266 e. The summed E-state index contributed by atoms with van der Waals surface area (Å²) in [6.07, 6.45) is 7.00. The number of carbonyl (C=O) groups excluding carboxylic acids is 1. The second-order valence-corrected chi connectivity index (χ2v) is 6.08. The number of imidazole rings is 1. The standard InChI is InChI=1S/C18H21N7O2/c1-14-19-8-10-24(14)12-16-13-25(23-22-16)9-7-17(21-18(26)11-20-27)15-5-3-2-4-6-15/h2-6,8,10-11,13,17,27H,7,9,12H2,1H3,(H,21,26)/b20-11+/t17-/m1/s1. The molecule has 9 nitrogen and oxygen atoms in total. The minimum Gasteiger partial charge on any atom is -0.411 e. The quantitative estimate of drug-likeness (QED) is 0.356. The zero-order valence-electron chi connectivity index (χ0n) is 14.9. The predicted molar refractivity (Wildman–Crippen MR) is 98.3 cm³/mol. The Bertz CT molecular complexity index is 901. The van der Waals surface area contributed by atoms with Crippen LogP contribution in [0.25, 0.3) is 0 Å². The van der Waals surface area contributed by atoms with E-state index in [1.807, 2.05) is 54.2 Å². The smallest absolute Gasteiger partial charge is 0.266 e. The molecular weight excluding hydrogens is 346 g/mol. The first-order valence-electron chi connectivity index (χ1n) is 8.55. The largest absolute Gasteiger partial charge is 0.411 e. The zero-order valence-corrected chi connectivity index (χ0v) is 14.9. The molecule has 1 aromatic carbocycles. The molecule has 0 spiro atoms. The molecule has 9 heteroatoms. The van der Waals surface area contributed by atoms with Crippen LogP contribution >= 0.6 is 0 Å². The van der Waals surface area contributed by atoms with Crippen molar-refractivity contribution in [3.8, 4) is 0 Å². The van der Waals surface area contributed by atoms with Gasteiger partial charge in [-0.2, -0.15) is 0 Å². The SMILES string of the molecule is Cc1nccn1Cc1cn(CC[C@@H](NC(=O)/C=N/O)c2ccccc2)nn1. The molecule has 1 amide bonds. The van der Waals surface area contributed by atoms with Crippen molar-refractivity contribution in [1.82, 2.24) is 29.9 Å². The second-order valence-electron chi connectivity index (χ2n) is 6.08. The lowest BCUT2D eigenvalue weighted by Crippen LogP contribution is -2.30. The predicted octanol–water partition coefficient (Wildman–Crippen LogP) is 1.54. The Labute approximate surface area is 156 Å². The van der Waals surface area contributed by atoms with Crippen LogP contribution in [0, 0.1) is 6.92 Å². The summed E-state index contributed by atoms with van der Waals surface area (Å²) in [5, 5.41) is 22.5. The van der Waals surface area contributed by atoms with Crippen LogP contribution < -0.4 is 5.32 Å². The van der Waals surface area contributed by atoms with Crippen molar-refractivity contribution in [3.63, 3.8) is 0 Å². The second kappa shape index (κ2) is 8.75. The van der Waals surface area contributed by atoms with Gasteiger partial charge in [-0.05, 0) is 18.9 Å². The zero-order chi connectivity index (χ0) is 19.1. The summed E-state index contributed by atoms with van der Waals surface area (Å²) in [6.45, 7) is 3.12. The minimum atomic E-state index is -0.457. The molecule has 0 radical (unpaired) electrons. The molecule has 0 unspecified atom stereocenters. The summed E-state index contributed by atoms with van der Waals surface area (Å²) < 4.78 is 3.75. The molecule has 0 saturated carbocycles. The monoisotopic (exact) mass is 367 g/mol. The van der Waals surface area contributed by atoms with Gasteiger partial charge in [-0.25, -0.2) is 4.98 Å². The number of aromatic nitrogens is 5. The molecular formula is C18H21N7O2. The van der Waals surface area contributed by atoms with Crippen molar-refractivity contribution >= 4 is 12.1 Å². The van der Waals surface area contributed by atoms with E-state index in [4.69, 9.17) is 5.21 Å². The summed E-state index contributed by atoms with van der Waals surface area (Å²) >= 11 is 0. The van der Waals surface area contributed by atoms with Crippen LogP contribution in [0.15, 0.2) is 54.1 Å². The lowest BCUT2D eigenvalue weighted by atomic mass is 10.0. The van der Waals surface area contributed by atoms with Crippen molar-refractivity contribution in [2.75, 3.05) is 0 Å². The van der Waals surface area contributed by atoms with Gasteiger partial charge in [0.05, 0.1) is 18.8 Å². The van der Waals surface area contributed by atoms with E-state index in [9.17, 15) is 4.79 Å². The third-order valence-electron chi connectivity index (χ3n) is 4.18. The third kappa shape index (κ3) is 5.00. The van der Waals surface area contributed by atoms with Crippen LogP contribution in [0.1, 0.15) is 29.5 Å². The maximum atomic E-state index is 11.8. The summed E-state index contributed by atoms with van der Waals surface area (Å²) in [6, 6.07) is 9.39. The van der Waals surface area contributed by atoms with Gasteiger partial charge in [0.15, 0.2) is 0 Å². The van der Waals surface area contributed by atoms with Crippen LogP contribution in [0.2, 0.25) is 0 Å². The van der Waals surface area contributed by atoms with Gasteiger partial charge in [0.1, 0.15) is 17.7 Å². The number of oxime groups is 1. The molecule has 140 valence electrons. The Kier molecular flexibility index (Phi) is 5.93. The molecule has 0 aliphatic carbocycles. The molecule has 1 atom stereocenters. The number of amides is 1. The summed E-state index contributed by atoms with van der Waals surface area (Å²) in [7, 11) is 0. The highest BCUT2D eigenvalue weighted by Crippen LogP contribution is 2.17. The lowest BCUT2D eigenvalue weighted by Gasteiger charge is -2.18.